The number of aromatic nitrogens is 4. The summed E-state index contributed by atoms with van der Waals surface area (Å²) in [6.45, 7) is 3.79. The molecule has 3 aromatic heterocycles. The standard InChI is InChI=1S/C20H20BrN5O4S/c1-11-17(28-2)16(13-3-5-22-15(21)7-13)14(8-23-11)18(27)24-19-25-26-20(31-19)30-10-12-4-6-29-9-12/h3,5,7-8,12H,4,6,9-10H2,1-2H3,(H,24,25,27)/t12-/m0/s1. The van der Waals surface area contributed by atoms with Gasteiger partial charge in [-0.15, -0.1) is 5.10 Å². The average Bonchev–Trinajstić information content (AvgIpc) is 3.44. The molecule has 1 saturated heterocycles. The molecule has 1 aliphatic rings. The molecule has 1 N–H and O–H groups in total. The topological polar surface area (TPSA) is 108 Å². The Morgan fingerprint density at radius 1 is 1.39 bits per heavy atom. The minimum Gasteiger partial charge on any atom is -0.494 e. The number of hydrogen-bond acceptors (Lipinski definition) is 9. The molecule has 0 aliphatic carbocycles. The molecule has 31 heavy (non-hydrogen) atoms. The molecule has 4 rings (SSSR count). The van der Waals surface area contributed by atoms with Gasteiger partial charge in [0.1, 0.15) is 10.4 Å². The molecule has 3 aromatic rings. The van der Waals surface area contributed by atoms with Crippen LogP contribution in [0.25, 0.3) is 11.1 Å². The van der Waals surface area contributed by atoms with E-state index < -0.39 is 0 Å². The molecule has 0 bridgehead atoms. The van der Waals surface area contributed by atoms with Gasteiger partial charge in [-0.2, -0.15) is 0 Å². The molecule has 0 radical (unpaired) electrons. The van der Waals surface area contributed by atoms with Gasteiger partial charge in [-0.3, -0.25) is 15.1 Å². The van der Waals surface area contributed by atoms with Crippen LogP contribution < -0.4 is 14.8 Å². The maximum atomic E-state index is 13.1. The summed E-state index contributed by atoms with van der Waals surface area (Å²) in [5.41, 5.74) is 2.41. The van der Waals surface area contributed by atoms with E-state index in [1.165, 1.54) is 17.5 Å². The number of hydrogen-bond donors (Lipinski definition) is 1. The largest absolute Gasteiger partial charge is 0.494 e. The third kappa shape index (κ3) is 5.00. The Balaban J connectivity index is 1.56. The van der Waals surface area contributed by atoms with Crippen LogP contribution in [0, 0.1) is 12.8 Å². The lowest BCUT2D eigenvalue weighted by Crippen LogP contribution is -2.14. The maximum absolute atomic E-state index is 13.1. The smallest absolute Gasteiger partial charge is 0.295 e. The summed E-state index contributed by atoms with van der Waals surface area (Å²) in [6, 6.07) is 3.63. The number of rotatable bonds is 7. The number of aryl methyl sites for hydroxylation is 1. The number of halogens is 1. The van der Waals surface area contributed by atoms with Crippen LogP contribution in [0.4, 0.5) is 5.13 Å². The zero-order valence-electron chi connectivity index (χ0n) is 16.9. The average molecular weight is 506 g/mol. The first-order chi connectivity index (χ1) is 15.0. The summed E-state index contributed by atoms with van der Waals surface area (Å²) < 4.78 is 17.2. The summed E-state index contributed by atoms with van der Waals surface area (Å²) in [7, 11) is 1.55. The van der Waals surface area contributed by atoms with Crippen LogP contribution in [0.5, 0.6) is 10.9 Å². The summed E-state index contributed by atoms with van der Waals surface area (Å²) in [6.07, 6.45) is 4.15. The van der Waals surface area contributed by atoms with E-state index in [2.05, 4.69) is 41.4 Å². The zero-order chi connectivity index (χ0) is 21.8. The Kier molecular flexibility index (Phi) is 6.73. The fourth-order valence-corrected chi connectivity index (χ4v) is 4.21. The van der Waals surface area contributed by atoms with Crippen molar-refractivity contribution in [3.05, 3.63) is 40.4 Å². The summed E-state index contributed by atoms with van der Waals surface area (Å²) >= 11 is 4.55. The van der Waals surface area contributed by atoms with Gasteiger partial charge in [0.15, 0.2) is 0 Å². The SMILES string of the molecule is COc1c(C)ncc(C(=O)Nc2nnc(OC[C@H]3CCOC3)s2)c1-c1ccnc(Br)c1. The van der Waals surface area contributed by atoms with Gasteiger partial charge in [-0.1, -0.05) is 5.10 Å². The molecule has 0 saturated carbocycles. The molecule has 0 aromatic carbocycles. The van der Waals surface area contributed by atoms with Crippen molar-refractivity contribution in [2.75, 3.05) is 32.2 Å². The number of carbonyl (C=O) groups is 1. The highest BCUT2D eigenvalue weighted by molar-refractivity contribution is 9.10. The van der Waals surface area contributed by atoms with Gasteiger partial charge >= 0.3 is 0 Å². The number of amides is 1. The Labute approximate surface area is 191 Å². The molecule has 11 heteroatoms. The van der Waals surface area contributed by atoms with Crippen LogP contribution >= 0.6 is 27.3 Å². The Bertz CT molecular complexity index is 1090. The van der Waals surface area contributed by atoms with E-state index in [1.807, 2.05) is 19.1 Å². The van der Waals surface area contributed by atoms with E-state index in [9.17, 15) is 4.79 Å². The molecule has 0 unspecified atom stereocenters. The van der Waals surface area contributed by atoms with Gasteiger partial charge in [-0.25, -0.2) is 4.98 Å². The summed E-state index contributed by atoms with van der Waals surface area (Å²) in [5, 5.41) is 11.5. The predicted molar refractivity (Wildman–Crippen MR) is 119 cm³/mol. The van der Waals surface area contributed by atoms with Crippen molar-refractivity contribution < 1.29 is 19.0 Å². The first kappa shape index (κ1) is 21.6. The predicted octanol–water partition coefficient (Wildman–Crippen LogP) is 3.74. The highest BCUT2D eigenvalue weighted by atomic mass is 79.9. The molecular formula is C20H20BrN5O4S. The third-order valence-corrected chi connectivity index (χ3v) is 5.95. The number of carbonyl (C=O) groups excluding carboxylic acids is 1. The Hall–Kier alpha value is -2.63. The Morgan fingerprint density at radius 3 is 3.00 bits per heavy atom. The second-order valence-electron chi connectivity index (χ2n) is 6.90. The molecule has 9 nitrogen and oxygen atoms in total. The van der Waals surface area contributed by atoms with Gasteiger partial charge < -0.3 is 14.2 Å². The van der Waals surface area contributed by atoms with E-state index in [4.69, 9.17) is 14.2 Å². The zero-order valence-corrected chi connectivity index (χ0v) is 19.3. The minimum atomic E-state index is -0.374. The van der Waals surface area contributed by atoms with Crippen LogP contribution in [0.3, 0.4) is 0 Å². The number of anilines is 1. The lowest BCUT2D eigenvalue weighted by atomic mass is 10.00. The van der Waals surface area contributed by atoms with Crippen molar-refractivity contribution in [3.63, 3.8) is 0 Å². The van der Waals surface area contributed by atoms with E-state index >= 15 is 0 Å². The van der Waals surface area contributed by atoms with Crippen molar-refractivity contribution in [3.8, 4) is 22.1 Å². The second-order valence-corrected chi connectivity index (χ2v) is 8.65. The summed E-state index contributed by atoms with van der Waals surface area (Å²) in [4.78, 5) is 21.6. The molecule has 0 spiro atoms. The highest BCUT2D eigenvalue weighted by Crippen LogP contribution is 2.36. The molecule has 162 valence electrons. The first-order valence-electron chi connectivity index (χ1n) is 9.56. The fourth-order valence-electron chi connectivity index (χ4n) is 3.24. The van der Waals surface area contributed by atoms with Gasteiger partial charge in [0.05, 0.1) is 31.6 Å². The number of pyridine rings is 2. The van der Waals surface area contributed by atoms with Crippen LogP contribution in [0.2, 0.25) is 0 Å². The molecular weight excluding hydrogens is 486 g/mol. The van der Waals surface area contributed by atoms with E-state index in [0.29, 0.717) is 56.6 Å². The molecule has 4 heterocycles. The number of methoxy groups -OCH3 is 1. The van der Waals surface area contributed by atoms with E-state index in [-0.39, 0.29) is 5.91 Å². The van der Waals surface area contributed by atoms with E-state index in [0.717, 1.165) is 18.6 Å². The molecule has 1 fully saturated rings. The lowest BCUT2D eigenvalue weighted by Gasteiger charge is -2.15. The lowest BCUT2D eigenvalue weighted by molar-refractivity contribution is 0.102. The second kappa shape index (κ2) is 9.67. The molecule has 1 aliphatic heterocycles. The normalized spacial score (nSPS) is 15.6. The number of nitrogens with one attached hydrogen (secondary N) is 1. The van der Waals surface area contributed by atoms with Gasteiger partial charge in [0.2, 0.25) is 5.13 Å². The van der Waals surface area contributed by atoms with Crippen LogP contribution in [0.15, 0.2) is 29.1 Å². The monoisotopic (exact) mass is 505 g/mol. The van der Waals surface area contributed by atoms with Gasteiger partial charge in [0.25, 0.3) is 11.1 Å². The highest BCUT2D eigenvalue weighted by Gasteiger charge is 2.22. The fraction of sp³-hybridized carbons (Fsp3) is 0.350. The Morgan fingerprint density at radius 2 is 2.26 bits per heavy atom. The molecule has 1 amide bonds. The van der Waals surface area contributed by atoms with Crippen molar-refractivity contribution >= 4 is 38.3 Å². The molecule has 1 atom stereocenters. The van der Waals surface area contributed by atoms with Crippen LogP contribution in [-0.2, 0) is 4.74 Å². The van der Waals surface area contributed by atoms with Crippen LogP contribution in [0.1, 0.15) is 22.5 Å². The van der Waals surface area contributed by atoms with Gasteiger partial charge in [-0.05, 0) is 58.3 Å². The summed E-state index contributed by atoms with van der Waals surface area (Å²) in [5.74, 6) is 0.502. The van der Waals surface area contributed by atoms with Crippen molar-refractivity contribution in [2.24, 2.45) is 5.92 Å². The van der Waals surface area contributed by atoms with Crippen molar-refractivity contribution in [1.29, 1.82) is 0 Å². The first-order valence-corrected chi connectivity index (χ1v) is 11.2. The third-order valence-electron chi connectivity index (χ3n) is 4.77. The van der Waals surface area contributed by atoms with Gasteiger partial charge in [0, 0.05) is 30.5 Å². The number of nitrogens with zero attached hydrogens (tertiary/aromatic N) is 4. The minimum absolute atomic E-state index is 0.337. The quantitative estimate of drug-likeness (QED) is 0.483. The van der Waals surface area contributed by atoms with Crippen LogP contribution in [-0.4, -0.2) is 53.0 Å². The van der Waals surface area contributed by atoms with Crippen molar-refractivity contribution in [2.45, 2.75) is 13.3 Å². The van der Waals surface area contributed by atoms with E-state index in [1.54, 1.807) is 13.3 Å². The van der Waals surface area contributed by atoms with Crippen molar-refractivity contribution in [1.82, 2.24) is 20.2 Å². The maximum Gasteiger partial charge on any atom is 0.295 e. The number of ether oxygens (including phenoxy) is 3.